The molecule has 2 rings (SSSR count). The highest BCUT2D eigenvalue weighted by Gasteiger charge is 2.06. The quantitative estimate of drug-likeness (QED) is 0.873. The zero-order valence-electron chi connectivity index (χ0n) is 9.17. The molecule has 0 amide bonds. The maximum absolute atomic E-state index is 5.66. The minimum Gasteiger partial charge on any atom is -0.305 e. The number of nitrogens with one attached hydrogen (secondary N) is 1. The number of benzene rings is 1. The zero-order valence-corrected chi connectivity index (χ0v) is 9.93. The smallest absolute Gasteiger partial charge is 0.170 e. The van der Waals surface area contributed by atoms with Crippen LogP contribution in [0.1, 0.15) is 5.82 Å². The van der Waals surface area contributed by atoms with Crippen LogP contribution in [0.3, 0.4) is 0 Å². The summed E-state index contributed by atoms with van der Waals surface area (Å²) < 4.78 is 1.68. The van der Waals surface area contributed by atoms with Gasteiger partial charge in [-0.15, -0.1) is 5.10 Å². The van der Waals surface area contributed by atoms with Crippen molar-refractivity contribution in [2.24, 2.45) is 0 Å². The van der Waals surface area contributed by atoms with Crippen LogP contribution in [0.25, 0.3) is 5.69 Å². The second kappa shape index (κ2) is 5.56. The predicted octanol–water partition coefficient (Wildman–Crippen LogP) is 1.50. The molecule has 17 heavy (non-hydrogen) atoms. The Morgan fingerprint density at radius 2 is 2.12 bits per heavy atom. The van der Waals surface area contributed by atoms with E-state index in [0.717, 1.165) is 11.5 Å². The van der Waals surface area contributed by atoms with Gasteiger partial charge in [-0.05, 0) is 22.6 Å². The van der Waals surface area contributed by atoms with Crippen molar-refractivity contribution >= 4 is 11.6 Å². The van der Waals surface area contributed by atoms with Gasteiger partial charge in [-0.2, -0.15) is 4.68 Å². The highest BCUT2D eigenvalue weighted by Crippen LogP contribution is 2.06. The number of hydrogen-bond donors (Lipinski definition) is 1. The van der Waals surface area contributed by atoms with Gasteiger partial charge in [-0.3, -0.25) is 0 Å². The van der Waals surface area contributed by atoms with Gasteiger partial charge < -0.3 is 5.32 Å². The molecule has 5 nitrogen and oxygen atoms in total. The molecule has 0 bridgehead atoms. The summed E-state index contributed by atoms with van der Waals surface area (Å²) in [6, 6.07) is 9.72. The maximum Gasteiger partial charge on any atom is 0.170 e. The zero-order chi connectivity index (χ0) is 12.1. The summed E-state index contributed by atoms with van der Waals surface area (Å²) in [4.78, 5) is 0. The monoisotopic (exact) mass is 249 g/mol. The third-order valence-corrected chi connectivity index (χ3v) is 2.27. The van der Waals surface area contributed by atoms with E-state index in [0.29, 0.717) is 18.1 Å². The summed E-state index contributed by atoms with van der Waals surface area (Å²) in [6.07, 6.45) is 0. The van der Waals surface area contributed by atoms with Crippen LogP contribution in [-0.2, 0) is 6.54 Å². The summed E-state index contributed by atoms with van der Waals surface area (Å²) >= 11 is 5.66. The molecule has 1 aromatic heterocycles. The van der Waals surface area contributed by atoms with Crippen molar-refractivity contribution in [1.82, 2.24) is 25.5 Å². The van der Waals surface area contributed by atoms with E-state index >= 15 is 0 Å². The molecule has 0 fully saturated rings. The standard InChI is InChI=1S/C11H12ClN5/c1-9(12)7-13-8-11-14-15-16-17(11)10-5-3-2-4-6-10/h2-6,13H,1,7-8H2. The molecule has 0 atom stereocenters. The molecular formula is C11H12ClN5. The molecule has 0 saturated heterocycles. The van der Waals surface area contributed by atoms with E-state index in [1.54, 1.807) is 4.68 Å². The minimum absolute atomic E-state index is 0.531. The Bertz CT molecular complexity index is 494. The first-order valence-corrected chi connectivity index (χ1v) is 5.52. The second-order valence-corrected chi connectivity index (χ2v) is 4.00. The lowest BCUT2D eigenvalue weighted by Gasteiger charge is -2.05. The Kier molecular flexibility index (Phi) is 3.85. The number of aromatic nitrogens is 4. The van der Waals surface area contributed by atoms with Crippen molar-refractivity contribution in [3.63, 3.8) is 0 Å². The Labute approximate surface area is 104 Å². The molecule has 2 aromatic rings. The van der Waals surface area contributed by atoms with Crippen molar-refractivity contribution in [3.05, 3.63) is 47.8 Å². The Balaban J connectivity index is 2.10. The molecule has 6 heteroatoms. The number of nitrogens with zero attached hydrogens (tertiary/aromatic N) is 4. The maximum atomic E-state index is 5.66. The average Bonchev–Trinajstić information content (AvgIpc) is 2.78. The first-order chi connectivity index (χ1) is 8.27. The van der Waals surface area contributed by atoms with Gasteiger partial charge in [0.05, 0.1) is 12.2 Å². The summed E-state index contributed by atoms with van der Waals surface area (Å²) in [6.45, 7) is 4.67. The molecule has 1 heterocycles. The number of tetrazole rings is 1. The third-order valence-electron chi connectivity index (χ3n) is 2.13. The second-order valence-electron chi connectivity index (χ2n) is 3.46. The molecule has 0 aliphatic heterocycles. The lowest BCUT2D eigenvalue weighted by molar-refractivity contribution is 0.679. The number of halogens is 1. The van der Waals surface area contributed by atoms with Crippen molar-refractivity contribution < 1.29 is 0 Å². The number of hydrogen-bond acceptors (Lipinski definition) is 4. The number of para-hydroxylation sites is 1. The highest BCUT2D eigenvalue weighted by atomic mass is 35.5. The van der Waals surface area contributed by atoms with Gasteiger partial charge >= 0.3 is 0 Å². The molecule has 0 aliphatic rings. The summed E-state index contributed by atoms with van der Waals surface area (Å²) in [5.74, 6) is 0.731. The van der Waals surface area contributed by atoms with E-state index < -0.39 is 0 Å². The van der Waals surface area contributed by atoms with Crippen LogP contribution in [0.2, 0.25) is 0 Å². The first-order valence-electron chi connectivity index (χ1n) is 5.14. The summed E-state index contributed by atoms with van der Waals surface area (Å²) in [5.41, 5.74) is 0.930. The summed E-state index contributed by atoms with van der Waals surface area (Å²) in [7, 11) is 0. The van der Waals surface area contributed by atoms with Gasteiger partial charge in [-0.1, -0.05) is 36.4 Å². The van der Waals surface area contributed by atoms with Gasteiger partial charge in [0.15, 0.2) is 5.82 Å². The van der Waals surface area contributed by atoms with Crippen LogP contribution in [0.15, 0.2) is 41.9 Å². The Morgan fingerprint density at radius 1 is 1.35 bits per heavy atom. The van der Waals surface area contributed by atoms with Crippen LogP contribution in [0.5, 0.6) is 0 Å². The van der Waals surface area contributed by atoms with Crippen LogP contribution < -0.4 is 5.32 Å². The molecule has 0 aliphatic carbocycles. The van der Waals surface area contributed by atoms with Gasteiger partial charge in [0.2, 0.25) is 0 Å². The molecule has 88 valence electrons. The van der Waals surface area contributed by atoms with Crippen LogP contribution in [-0.4, -0.2) is 26.8 Å². The SMILES string of the molecule is C=C(Cl)CNCc1nnnn1-c1ccccc1. The van der Waals surface area contributed by atoms with Crippen LogP contribution in [0.4, 0.5) is 0 Å². The largest absolute Gasteiger partial charge is 0.305 e. The molecular weight excluding hydrogens is 238 g/mol. The van der Waals surface area contributed by atoms with Crippen LogP contribution >= 0.6 is 11.6 Å². The van der Waals surface area contributed by atoms with Gasteiger partial charge in [-0.25, -0.2) is 0 Å². The molecule has 1 N–H and O–H groups in total. The fourth-order valence-corrected chi connectivity index (χ4v) is 1.49. The van der Waals surface area contributed by atoms with Crippen molar-refractivity contribution in [1.29, 1.82) is 0 Å². The van der Waals surface area contributed by atoms with Gasteiger partial charge in [0.25, 0.3) is 0 Å². The number of rotatable bonds is 5. The van der Waals surface area contributed by atoms with Gasteiger partial charge in [0.1, 0.15) is 0 Å². The van der Waals surface area contributed by atoms with E-state index in [4.69, 9.17) is 11.6 Å². The van der Waals surface area contributed by atoms with Crippen molar-refractivity contribution in [3.8, 4) is 5.69 Å². The average molecular weight is 250 g/mol. The molecule has 1 aromatic carbocycles. The topological polar surface area (TPSA) is 55.6 Å². The third kappa shape index (κ3) is 3.12. The Morgan fingerprint density at radius 3 is 2.82 bits per heavy atom. The fourth-order valence-electron chi connectivity index (χ4n) is 1.40. The van der Waals surface area contributed by atoms with E-state index in [1.165, 1.54) is 0 Å². The Hall–Kier alpha value is -1.72. The van der Waals surface area contributed by atoms with E-state index in [2.05, 4.69) is 27.4 Å². The van der Waals surface area contributed by atoms with Crippen LogP contribution in [0, 0.1) is 0 Å². The van der Waals surface area contributed by atoms with E-state index in [1.807, 2.05) is 30.3 Å². The van der Waals surface area contributed by atoms with Crippen molar-refractivity contribution in [2.75, 3.05) is 6.54 Å². The molecule has 0 unspecified atom stereocenters. The molecule has 0 radical (unpaired) electrons. The fraction of sp³-hybridized carbons (Fsp3) is 0.182. The minimum atomic E-state index is 0.531. The van der Waals surface area contributed by atoms with Gasteiger partial charge in [0, 0.05) is 11.6 Å². The van der Waals surface area contributed by atoms with Crippen molar-refractivity contribution in [2.45, 2.75) is 6.54 Å². The predicted molar refractivity (Wildman–Crippen MR) is 65.9 cm³/mol. The lowest BCUT2D eigenvalue weighted by Crippen LogP contribution is -2.18. The summed E-state index contributed by atoms with van der Waals surface area (Å²) in [5, 5.41) is 15.2. The molecule has 0 saturated carbocycles. The normalized spacial score (nSPS) is 10.4. The molecule has 0 spiro atoms. The van der Waals surface area contributed by atoms with E-state index in [-0.39, 0.29) is 0 Å². The highest BCUT2D eigenvalue weighted by molar-refractivity contribution is 6.29. The van der Waals surface area contributed by atoms with E-state index in [9.17, 15) is 0 Å². The first kappa shape index (κ1) is 11.8. The lowest BCUT2D eigenvalue weighted by atomic mass is 10.3.